The molecule has 6 nitrogen and oxygen atoms in total. The van der Waals surface area contributed by atoms with Crippen LogP contribution in [0.4, 0.5) is 0 Å². The van der Waals surface area contributed by atoms with Crippen LogP contribution in [0, 0.1) is 12.8 Å². The third kappa shape index (κ3) is 2.92. The van der Waals surface area contributed by atoms with Gasteiger partial charge in [-0.3, -0.25) is 9.48 Å². The molecule has 0 saturated carbocycles. The Morgan fingerprint density at radius 3 is 2.71 bits per heavy atom. The molecule has 2 atom stereocenters. The Hall–Kier alpha value is -1.50. The number of nitrogens with zero attached hydrogens (tertiary/aromatic N) is 3. The van der Waals surface area contributed by atoms with Crippen molar-refractivity contribution in [2.24, 2.45) is 5.92 Å². The minimum absolute atomic E-state index is 0.112. The monoisotopic (exact) mass is 311 g/mol. The van der Waals surface area contributed by atoms with Crippen molar-refractivity contribution < 1.29 is 14.7 Å². The van der Waals surface area contributed by atoms with Crippen LogP contribution in [0.5, 0.6) is 0 Å². The van der Waals surface area contributed by atoms with Crippen LogP contribution in [0.15, 0.2) is 6.07 Å². The van der Waals surface area contributed by atoms with Crippen molar-refractivity contribution in [2.45, 2.75) is 45.7 Å². The molecule has 116 valence electrons. The van der Waals surface area contributed by atoms with E-state index < -0.39 is 12.0 Å². The maximum absolute atomic E-state index is 12.9. The predicted octanol–water partition coefficient (Wildman–Crippen LogP) is 1.84. The van der Waals surface area contributed by atoms with E-state index in [9.17, 15) is 14.7 Å². The van der Waals surface area contributed by atoms with Gasteiger partial charge in [0.1, 0.15) is 11.7 Å². The first-order valence-electron chi connectivity index (χ1n) is 7.08. The third-order valence-electron chi connectivity index (χ3n) is 3.55. The highest BCUT2D eigenvalue weighted by atomic mass is 32.2. The quantitative estimate of drug-likeness (QED) is 0.918. The van der Waals surface area contributed by atoms with Crippen LogP contribution < -0.4 is 0 Å². The van der Waals surface area contributed by atoms with Crippen molar-refractivity contribution >= 4 is 23.6 Å². The maximum atomic E-state index is 12.9. The van der Waals surface area contributed by atoms with Gasteiger partial charge >= 0.3 is 5.97 Å². The average molecular weight is 311 g/mol. The predicted molar refractivity (Wildman–Crippen MR) is 81.3 cm³/mol. The second-order valence-corrected chi connectivity index (χ2v) is 6.67. The van der Waals surface area contributed by atoms with Crippen molar-refractivity contribution in [3.8, 4) is 0 Å². The maximum Gasteiger partial charge on any atom is 0.327 e. The third-order valence-corrected chi connectivity index (χ3v) is 5.17. The molecule has 0 spiro atoms. The summed E-state index contributed by atoms with van der Waals surface area (Å²) in [6.07, 6.45) is 0. The van der Waals surface area contributed by atoms with Crippen molar-refractivity contribution in [3.05, 3.63) is 17.5 Å². The van der Waals surface area contributed by atoms with Gasteiger partial charge < -0.3 is 10.0 Å². The molecule has 1 aliphatic heterocycles. The molecule has 7 heteroatoms. The molecule has 1 saturated heterocycles. The first kappa shape index (κ1) is 15.9. The number of rotatable bonds is 4. The molecule has 1 fully saturated rings. The van der Waals surface area contributed by atoms with Crippen LogP contribution in [0.1, 0.15) is 37.0 Å². The van der Waals surface area contributed by atoms with Gasteiger partial charge in [-0.2, -0.15) is 5.10 Å². The zero-order chi connectivity index (χ0) is 15.7. The van der Waals surface area contributed by atoms with Crippen molar-refractivity contribution in [1.82, 2.24) is 14.7 Å². The molecule has 2 heterocycles. The molecular formula is C14H21N3O3S. The van der Waals surface area contributed by atoms with Gasteiger partial charge in [-0.1, -0.05) is 13.8 Å². The van der Waals surface area contributed by atoms with Gasteiger partial charge in [0.05, 0.1) is 11.1 Å². The van der Waals surface area contributed by atoms with Crippen molar-refractivity contribution in [2.75, 3.05) is 5.75 Å². The van der Waals surface area contributed by atoms with Gasteiger partial charge in [0.15, 0.2) is 0 Å². The topological polar surface area (TPSA) is 75.4 Å². The first-order valence-corrected chi connectivity index (χ1v) is 8.13. The highest BCUT2D eigenvalue weighted by Gasteiger charge is 2.43. The molecule has 2 unspecified atom stereocenters. The second kappa shape index (κ2) is 6.09. The molecule has 0 radical (unpaired) electrons. The van der Waals surface area contributed by atoms with E-state index in [0.29, 0.717) is 18.0 Å². The van der Waals surface area contributed by atoms with Gasteiger partial charge in [-0.25, -0.2) is 4.79 Å². The number of carbonyl (C=O) groups is 2. The Morgan fingerprint density at radius 2 is 2.19 bits per heavy atom. The lowest BCUT2D eigenvalue weighted by molar-refractivity contribution is -0.141. The highest BCUT2D eigenvalue weighted by molar-refractivity contribution is 8.00. The molecule has 1 amide bonds. The SMILES string of the molecule is CCn1nc(C)cc1C(=O)N1C(C(=O)O)CSC1C(C)C. The zero-order valence-corrected chi connectivity index (χ0v) is 13.6. The van der Waals surface area contributed by atoms with Crippen LogP contribution in [0.2, 0.25) is 0 Å². The number of carboxylic acids is 1. The molecule has 1 aromatic rings. The number of aromatic nitrogens is 2. The lowest BCUT2D eigenvalue weighted by Crippen LogP contribution is -2.47. The van der Waals surface area contributed by atoms with Gasteiger partial charge in [-0.05, 0) is 25.8 Å². The minimum atomic E-state index is -0.946. The average Bonchev–Trinajstić information content (AvgIpc) is 3.00. The fourth-order valence-electron chi connectivity index (χ4n) is 2.58. The number of carbonyl (C=O) groups excluding carboxylic acids is 1. The fourth-order valence-corrected chi connectivity index (χ4v) is 4.05. The van der Waals surface area contributed by atoms with Crippen LogP contribution >= 0.6 is 11.8 Å². The molecule has 2 rings (SSSR count). The lowest BCUT2D eigenvalue weighted by atomic mass is 10.1. The highest BCUT2D eigenvalue weighted by Crippen LogP contribution is 2.35. The van der Waals surface area contributed by atoms with Crippen LogP contribution in [0.25, 0.3) is 0 Å². The number of amides is 1. The van der Waals surface area contributed by atoms with Crippen LogP contribution in [-0.4, -0.2) is 48.8 Å². The molecule has 1 aromatic heterocycles. The summed E-state index contributed by atoms with van der Waals surface area (Å²) in [4.78, 5) is 25.8. The summed E-state index contributed by atoms with van der Waals surface area (Å²) >= 11 is 1.53. The van der Waals surface area contributed by atoms with E-state index >= 15 is 0 Å². The Kier molecular flexibility index (Phi) is 4.61. The number of carboxylic acid groups (broad SMARTS) is 1. The number of aliphatic carboxylic acids is 1. The van der Waals surface area contributed by atoms with Gasteiger partial charge in [-0.15, -0.1) is 11.8 Å². The Bertz CT molecular complexity index is 556. The van der Waals surface area contributed by atoms with E-state index in [0.717, 1.165) is 5.69 Å². The first-order chi connectivity index (χ1) is 9.86. The molecule has 21 heavy (non-hydrogen) atoms. The lowest BCUT2D eigenvalue weighted by Gasteiger charge is -2.29. The minimum Gasteiger partial charge on any atom is -0.480 e. The Labute approximate surface area is 128 Å². The summed E-state index contributed by atoms with van der Waals surface area (Å²) in [5.74, 6) is -0.558. The number of aryl methyl sites for hydroxylation is 2. The summed E-state index contributed by atoms with van der Waals surface area (Å²) in [6.45, 7) is 8.34. The van der Waals surface area contributed by atoms with Gasteiger partial charge in [0.2, 0.25) is 0 Å². The Morgan fingerprint density at radius 1 is 1.52 bits per heavy atom. The van der Waals surface area contributed by atoms with Crippen LogP contribution in [0.3, 0.4) is 0 Å². The number of hydrogen-bond acceptors (Lipinski definition) is 4. The summed E-state index contributed by atoms with van der Waals surface area (Å²) in [6, 6.07) is 0.959. The molecular weight excluding hydrogens is 290 g/mol. The summed E-state index contributed by atoms with van der Waals surface area (Å²) < 4.78 is 1.64. The standard InChI is InChI=1S/C14H21N3O3S/c1-5-16-10(6-9(4)15-16)12(18)17-11(14(19)20)7-21-13(17)8(2)3/h6,8,11,13H,5,7H2,1-4H3,(H,19,20). The smallest absolute Gasteiger partial charge is 0.327 e. The van der Waals surface area contributed by atoms with Crippen molar-refractivity contribution in [3.63, 3.8) is 0 Å². The summed E-state index contributed by atoms with van der Waals surface area (Å²) in [5.41, 5.74) is 1.23. The van der Waals surface area contributed by atoms with E-state index in [1.165, 1.54) is 16.7 Å². The molecule has 0 aliphatic carbocycles. The zero-order valence-electron chi connectivity index (χ0n) is 12.7. The van der Waals surface area contributed by atoms with E-state index in [4.69, 9.17) is 0 Å². The number of hydrogen-bond donors (Lipinski definition) is 1. The van der Waals surface area contributed by atoms with Crippen molar-refractivity contribution in [1.29, 1.82) is 0 Å². The molecule has 0 aromatic carbocycles. The molecule has 1 N–H and O–H groups in total. The van der Waals surface area contributed by atoms with E-state index in [1.54, 1.807) is 10.7 Å². The van der Waals surface area contributed by atoms with Crippen LogP contribution in [-0.2, 0) is 11.3 Å². The normalized spacial score (nSPS) is 22.0. The van der Waals surface area contributed by atoms with Gasteiger partial charge in [0, 0.05) is 12.3 Å². The summed E-state index contributed by atoms with van der Waals surface area (Å²) in [5, 5.41) is 13.5. The largest absolute Gasteiger partial charge is 0.480 e. The molecule has 1 aliphatic rings. The Balaban J connectivity index is 2.39. The molecule has 0 bridgehead atoms. The van der Waals surface area contributed by atoms with Gasteiger partial charge in [0.25, 0.3) is 5.91 Å². The second-order valence-electron chi connectivity index (χ2n) is 5.52. The summed E-state index contributed by atoms with van der Waals surface area (Å²) in [7, 11) is 0. The fraction of sp³-hybridized carbons (Fsp3) is 0.643. The van der Waals surface area contributed by atoms with E-state index in [-0.39, 0.29) is 17.2 Å². The van der Waals surface area contributed by atoms with E-state index in [1.807, 2.05) is 27.7 Å². The van der Waals surface area contributed by atoms with E-state index in [2.05, 4.69) is 5.10 Å². The number of thioether (sulfide) groups is 1.